The molecule has 8 rings (SSSR count). The van der Waals surface area contributed by atoms with Crippen LogP contribution in [0.15, 0.2) is 164 Å². The number of aliphatic carboxylic acids is 1. The number of likely N-dealkylation sites (N-methyl/N-ethyl adjacent to an activating group) is 4. The molecule has 1 aromatic heterocycles. The monoisotopic (exact) mass is 1800 g/mol. The Morgan fingerprint density at radius 3 is 1.48 bits per heavy atom. The van der Waals surface area contributed by atoms with Gasteiger partial charge in [-0.15, -0.1) is 11.8 Å². The number of phenolic OH excluding ortho intramolecular Hbond substituents is 3. The van der Waals surface area contributed by atoms with E-state index in [1.54, 1.807) is 119 Å². The highest BCUT2D eigenvalue weighted by molar-refractivity contribution is 8.00. The molecule has 690 valence electrons. The van der Waals surface area contributed by atoms with E-state index in [1.165, 1.54) is 101 Å². The molecule has 0 spiro atoms. The number of nitrogens with two attached hydrogens (primary N) is 1. The van der Waals surface area contributed by atoms with Crippen LogP contribution in [0.25, 0.3) is 10.9 Å². The maximum absolute atomic E-state index is 15.5. The average Bonchev–Trinajstić information content (AvgIpc) is 1.45. The number of rotatable bonds is 23. The molecule has 14 amide bonds. The molecule has 0 saturated carbocycles. The zero-order chi connectivity index (χ0) is 94.3. The molecule has 0 unspecified atom stereocenters. The number of aromatic amines is 1. The van der Waals surface area contributed by atoms with Crippen molar-refractivity contribution in [3.05, 3.63) is 197 Å². The number of hydrogen-bond acceptors (Lipinski definition) is 20. The van der Waals surface area contributed by atoms with Crippen molar-refractivity contribution >= 4 is 117 Å². The summed E-state index contributed by atoms with van der Waals surface area (Å²) in [6, 6.07) is 25.8. The van der Waals surface area contributed by atoms with Gasteiger partial charge < -0.3 is 98.6 Å². The fourth-order valence-electron chi connectivity index (χ4n) is 15.0. The molecule has 1 aliphatic rings. The van der Waals surface area contributed by atoms with Crippen molar-refractivity contribution in [3.63, 3.8) is 0 Å². The number of fused-ring (bicyclic) bond motifs is 1. The van der Waals surface area contributed by atoms with E-state index in [1.807, 2.05) is 6.92 Å². The summed E-state index contributed by atoms with van der Waals surface area (Å²) in [6.45, 7) is 6.13. The summed E-state index contributed by atoms with van der Waals surface area (Å²) in [5.41, 5.74) is 8.96. The van der Waals surface area contributed by atoms with E-state index >= 15 is 33.6 Å². The lowest BCUT2D eigenvalue weighted by molar-refractivity contribution is -0.151. The van der Waals surface area contributed by atoms with E-state index < -0.39 is 211 Å². The molecule has 1 saturated heterocycles. The van der Waals surface area contributed by atoms with Crippen LogP contribution >= 0.6 is 11.8 Å². The molecule has 6 aromatic carbocycles. The van der Waals surface area contributed by atoms with Gasteiger partial charge in [0, 0.05) is 95.5 Å². The minimum Gasteiger partial charge on any atom is -0.508 e. The number of amides is 14. The van der Waals surface area contributed by atoms with Crippen molar-refractivity contribution in [2.45, 2.75) is 172 Å². The number of carboxylic acid groups (broad SMARTS) is 1. The van der Waals surface area contributed by atoms with Gasteiger partial charge in [0.15, 0.2) is 5.78 Å². The third kappa shape index (κ3) is 31.1. The number of H-pyrrole nitrogens is 1. The number of unbranched alkanes of at least 4 members (excludes halogenated alkanes) is 1. The Hall–Kier alpha value is -13.7. The summed E-state index contributed by atoms with van der Waals surface area (Å²) in [7, 11) is 5.22. The summed E-state index contributed by atoms with van der Waals surface area (Å²) in [6.07, 6.45) is -0.668. The van der Waals surface area contributed by atoms with E-state index in [0.29, 0.717) is 57.1 Å². The van der Waals surface area contributed by atoms with Crippen LogP contribution in [-0.4, -0.2) is 259 Å². The Bertz CT molecular complexity index is 5080. The van der Waals surface area contributed by atoms with E-state index in [0.717, 1.165) is 31.4 Å². The fraction of sp³-hybridized carbons (Fsp3) is 0.419. The van der Waals surface area contributed by atoms with Gasteiger partial charge in [0.2, 0.25) is 82.7 Å². The van der Waals surface area contributed by atoms with Crippen molar-refractivity contribution in [3.8, 4) is 17.2 Å². The highest BCUT2D eigenvalue weighted by Crippen LogP contribution is 2.26. The van der Waals surface area contributed by atoms with Crippen LogP contribution in [0.2, 0.25) is 0 Å². The van der Waals surface area contributed by atoms with Gasteiger partial charge in [0.1, 0.15) is 71.6 Å². The second-order valence-electron chi connectivity index (χ2n) is 33.1. The molecule has 11 atom stereocenters. The van der Waals surface area contributed by atoms with E-state index in [9.17, 15) is 63.6 Å². The van der Waals surface area contributed by atoms with Crippen LogP contribution in [0.3, 0.4) is 0 Å². The van der Waals surface area contributed by atoms with Gasteiger partial charge in [-0.25, -0.2) is 0 Å². The first-order chi connectivity index (χ1) is 61.3. The molecule has 1 fully saturated rings. The zero-order valence-electron chi connectivity index (χ0n) is 73.7. The minimum atomic E-state index is -1.90. The number of phenols is 3. The highest BCUT2D eigenvalue weighted by Gasteiger charge is 2.42. The SMILES string of the molecule is CCCC[C@H]1C(=O)N(C)CC(=O)N[C@@H](CC(=O)O)C(=O)N[C@@H](C(C)C)C(=O)C[C@@H](Cc2ccc(O)cc2)C(=O)N[C@@H](Cc2ccc(O)cc2)C(=O)N(C)CC(=O)N[C@@H](Cc2c[nH]c3ccccc23)C(=O)N[C@@H](Cc2ccc(O)cc2)C(=O)N[C@@H](CC(C)C)C(=O)N[C@H](C(=O)NCC(N)=O)CSCC(=O)N[C@@H](Cc2ccccc2)C(=O)N(C)[C@@H](Cc2ccccc2)C(=O)N1C. The number of benzene rings is 6. The van der Waals surface area contributed by atoms with Gasteiger partial charge in [-0.05, 0) is 107 Å². The van der Waals surface area contributed by atoms with Crippen LogP contribution in [0.4, 0.5) is 0 Å². The summed E-state index contributed by atoms with van der Waals surface area (Å²) < 4.78 is 0. The number of carbonyl (C=O) groups is 16. The number of Topliss-reactive ketones (excluding diaryl/α,β-unsaturated/α-hetero) is 1. The van der Waals surface area contributed by atoms with Gasteiger partial charge in [0.05, 0.1) is 37.8 Å². The predicted octanol–water partition coefficient (Wildman–Crippen LogP) is 2.78. The van der Waals surface area contributed by atoms with E-state index in [-0.39, 0.29) is 74.5 Å². The molecule has 7 aromatic rings. The zero-order valence-corrected chi connectivity index (χ0v) is 74.5. The Morgan fingerprint density at radius 1 is 0.481 bits per heavy atom. The maximum atomic E-state index is 15.5. The predicted molar refractivity (Wildman–Crippen MR) is 480 cm³/mol. The van der Waals surface area contributed by atoms with Gasteiger partial charge >= 0.3 is 5.97 Å². The standard InChI is InChI=1S/C93H117N15O20S/c1-10-11-26-75-92(127)106(7)51-80(115)98-71(47-82(117)118)89(124)104-83(55(4)5)77(112)46-61(40-58-27-33-63(109)34-28-58)84(119)102-72(43-60-31-37-65(111)38-32-60)90(125)105(6)50-79(114)97-70(45-62-48-95-67-25-19-18-24-66(62)67)88(123)101-69(41-59-29-35-64(110)36-30-59)87(122)100-68(39-54(2)3)86(121)103-74(85(120)96-49-78(94)113)52-129-53-81(116)99-73(42-56-20-14-12-15-21-56)91(126)108(9)76(93(128)107(75)8)44-57-22-16-13-17-23-57/h12-25,27-38,48,54-55,61,68-76,83,95,109-111H,10-11,26,39-47,49-53H2,1-9H3,(H2,94,113)(H,96,120)(H,97,114)(H,98,115)(H,99,116)(H,100,122)(H,101,123)(H,102,119)(H,103,121)(H,104,124)(H,117,118)/t61-,68+,69+,70+,71+,72+,73+,74+,75+,76+,83+/m1/s1. The van der Waals surface area contributed by atoms with Crippen LogP contribution in [-0.2, 0) is 115 Å². The normalized spacial score (nSPS) is 21.9. The molecule has 0 radical (unpaired) electrons. The molecule has 129 heavy (non-hydrogen) atoms. The van der Waals surface area contributed by atoms with E-state index in [4.69, 9.17) is 5.73 Å². The van der Waals surface area contributed by atoms with Crippen molar-refractivity contribution in [2.24, 2.45) is 23.5 Å². The second kappa shape index (κ2) is 48.9. The number of nitrogens with zero attached hydrogens (tertiary/aromatic N) is 4. The lowest BCUT2D eigenvalue weighted by Crippen LogP contribution is -2.60. The third-order valence-corrected chi connectivity index (χ3v) is 23.0. The lowest BCUT2D eigenvalue weighted by Gasteiger charge is -2.37. The van der Waals surface area contributed by atoms with Crippen LogP contribution < -0.4 is 53.6 Å². The van der Waals surface area contributed by atoms with E-state index in [2.05, 4.69) is 52.8 Å². The summed E-state index contributed by atoms with van der Waals surface area (Å²) in [5, 5.41) is 65.8. The number of para-hydroxylation sites is 1. The van der Waals surface area contributed by atoms with Gasteiger partial charge in [-0.1, -0.05) is 163 Å². The number of thioether (sulfide) groups is 1. The number of ketones is 1. The highest BCUT2D eigenvalue weighted by atomic mass is 32.2. The van der Waals surface area contributed by atoms with Gasteiger partial charge in [0.25, 0.3) is 0 Å². The number of hydrogen-bond donors (Lipinski definition) is 15. The van der Waals surface area contributed by atoms with Crippen molar-refractivity contribution < 1.29 is 97.1 Å². The molecule has 0 aliphatic carbocycles. The van der Waals surface area contributed by atoms with Crippen molar-refractivity contribution in [2.75, 3.05) is 59.3 Å². The fourth-order valence-corrected chi connectivity index (χ4v) is 15.9. The summed E-state index contributed by atoms with van der Waals surface area (Å²) in [5.74, 6) is -18.9. The number of nitrogens with one attached hydrogen (secondary N) is 10. The quantitative estimate of drug-likeness (QED) is 0.0438. The Morgan fingerprint density at radius 2 is 0.938 bits per heavy atom. The molecule has 1 aliphatic heterocycles. The van der Waals surface area contributed by atoms with Gasteiger partial charge in [-0.2, -0.15) is 0 Å². The number of carboxylic acids is 1. The maximum Gasteiger partial charge on any atom is 0.305 e. The number of primary amides is 1. The molecule has 2 heterocycles. The van der Waals surface area contributed by atoms with Crippen molar-refractivity contribution in [1.29, 1.82) is 0 Å². The van der Waals surface area contributed by atoms with Crippen LogP contribution in [0.5, 0.6) is 17.2 Å². The van der Waals surface area contributed by atoms with Crippen molar-refractivity contribution in [1.82, 2.24) is 72.4 Å². The minimum absolute atomic E-state index is 0.0251. The van der Waals surface area contributed by atoms with Gasteiger partial charge in [-0.3, -0.25) is 76.7 Å². The van der Waals surface area contributed by atoms with Crippen LogP contribution in [0, 0.1) is 17.8 Å². The molecular formula is C93H117N15O20S. The summed E-state index contributed by atoms with van der Waals surface area (Å²) >= 11 is 0.825. The first-order valence-corrected chi connectivity index (χ1v) is 43.8. The Kier molecular flexibility index (Phi) is 38.2. The third-order valence-electron chi connectivity index (χ3n) is 22.0. The smallest absolute Gasteiger partial charge is 0.305 e. The first-order valence-electron chi connectivity index (χ1n) is 42.6. The molecule has 36 heteroatoms. The molecule has 0 bridgehead atoms. The Labute approximate surface area is 752 Å². The second-order valence-corrected chi connectivity index (χ2v) is 34.2. The largest absolute Gasteiger partial charge is 0.508 e. The van der Waals surface area contributed by atoms with Crippen LogP contribution in [0.1, 0.15) is 107 Å². The lowest BCUT2D eigenvalue weighted by atomic mass is 9.87. The number of aromatic nitrogens is 1. The average molecular weight is 1800 g/mol. The summed E-state index contributed by atoms with van der Waals surface area (Å²) in [4.78, 5) is 242. The topological polar surface area (TPSA) is 517 Å². The first kappa shape index (κ1) is 101. The number of carbonyl (C=O) groups excluding carboxylic acids is 15. The number of aromatic hydroxyl groups is 3. The molecule has 16 N–H and O–H groups in total. The Balaban J connectivity index is 1.21. The molecular weight excluding hydrogens is 1680 g/mol. The molecule has 35 nitrogen and oxygen atoms in total.